The van der Waals surface area contributed by atoms with E-state index in [1.165, 1.54) is 0 Å². The zero-order chi connectivity index (χ0) is 17.9. The van der Waals surface area contributed by atoms with Crippen molar-refractivity contribution >= 4 is 23.2 Å². The first-order chi connectivity index (χ1) is 12.1. The van der Waals surface area contributed by atoms with Crippen LogP contribution in [0, 0.1) is 0 Å². The second kappa shape index (κ2) is 7.68. The van der Waals surface area contributed by atoms with Crippen LogP contribution in [-0.2, 0) is 14.3 Å². The van der Waals surface area contributed by atoms with E-state index in [-0.39, 0.29) is 12.5 Å². The fourth-order valence-corrected chi connectivity index (χ4v) is 3.39. The first-order valence-corrected chi connectivity index (χ1v) is 8.66. The summed E-state index contributed by atoms with van der Waals surface area (Å²) in [5.41, 5.74) is 0.660. The van der Waals surface area contributed by atoms with Gasteiger partial charge in [-0.05, 0) is 0 Å². The number of carbonyl (C=O) groups excluding carboxylic acids is 1. The highest BCUT2D eigenvalue weighted by atomic mass is 35.5. The largest absolute Gasteiger partial charge is 0.495 e. The fraction of sp³-hybridized carbons (Fsp3) is 0.588. The second-order valence-corrected chi connectivity index (χ2v) is 6.44. The Bertz CT molecular complexity index is 624. The van der Waals surface area contributed by atoms with E-state index in [9.17, 15) is 4.79 Å². The van der Waals surface area contributed by atoms with Gasteiger partial charge in [0.2, 0.25) is 5.91 Å². The van der Waals surface area contributed by atoms with E-state index >= 15 is 0 Å². The summed E-state index contributed by atoms with van der Waals surface area (Å²) in [5, 5.41) is 3.56. The third-order valence-electron chi connectivity index (χ3n) is 4.60. The zero-order valence-electron chi connectivity index (χ0n) is 14.5. The number of likely N-dealkylation sites (tertiary alicyclic amines) is 1. The number of hydrogen-bond donors (Lipinski definition) is 1. The lowest BCUT2D eigenvalue weighted by Crippen LogP contribution is -2.48. The number of carbonyl (C=O) groups is 1. The Labute approximate surface area is 152 Å². The molecule has 1 spiro atoms. The van der Waals surface area contributed by atoms with E-state index in [1.54, 1.807) is 26.4 Å². The normalized spacial score (nSPS) is 19.1. The maximum Gasteiger partial charge on any atom is 0.241 e. The van der Waals surface area contributed by atoms with Crippen molar-refractivity contribution in [1.82, 2.24) is 4.90 Å². The van der Waals surface area contributed by atoms with Gasteiger partial charge in [-0.2, -0.15) is 0 Å². The molecule has 1 aromatic rings. The molecule has 1 amide bonds. The summed E-state index contributed by atoms with van der Waals surface area (Å²) in [6.45, 7) is 2.68. The highest BCUT2D eigenvalue weighted by Gasteiger charge is 2.40. The SMILES string of the molecule is COc1cc(NCC(=O)N2CCC3(CC2)OCCO3)c(OC)cc1Cl. The van der Waals surface area contributed by atoms with Gasteiger partial charge < -0.3 is 29.2 Å². The summed E-state index contributed by atoms with van der Waals surface area (Å²) < 4.78 is 21.9. The van der Waals surface area contributed by atoms with Crippen LogP contribution in [0.4, 0.5) is 5.69 Å². The molecule has 0 aromatic heterocycles. The molecule has 0 atom stereocenters. The van der Waals surface area contributed by atoms with Gasteiger partial charge in [-0.15, -0.1) is 0 Å². The standard InChI is InChI=1S/C17H23ClN2O5/c1-22-14-10-13(15(23-2)9-12(14)18)19-11-16(21)20-5-3-17(4-6-20)24-7-8-25-17/h9-10,19H,3-8,11H2,1-2H3. The van der Waals surface area contributed by atoms with Crippen molar-refractivity contribution in [3.63, 3.8) is 0 Å². The summed E-state index contributed by atoms with van der Waals surface area (Å²) in [6, 6.07) is 3.38. The average molecular weight is 371 g/mol. The van der Waals surface area contributed by atoms with Gasteiger partial charge in [0, 0.05) is 38.1 Å². The number of nitrogens with zero attached hydrogens (tertiary/aromatic N) is 1. The minimum absolute atomic E-state index is 0.0174. The lowest BCUT2D eigenvalue weighted by Gasteiger charge is -2.37. The molecule has 138 valence electrons. The first-order valence-electron chi connectivity index (χ1n) is 8.28. The van der Waals surface area contributed by atoms with Gasteiger partial charge in [0.1, 0.15) is 11.5 Å². The molecule has 2 aliphatic rings. The predicted octanol–water partition coefficient (Wildman–Crippen LogP) is 2.13. The highest BCUT2D eigenvalue weighted by Crippen LogP contribution is 2.36. The number of methoxy groups -OCH3 is 2. The Hall–Kier alpha value is -1.70. The Morgan fingerprint density at radius 3 is 2.44 bits per heavy atom. The Kier molecular flexibility index (Phi) is 5.56. The van der Waals surface area contributed by atoms with Crippen molar-refractivity contribution in [2.75, 3.05) is 52.4 Å². The average Bonchev–Trinajstić information content (AvgIpc) is 3.08. The van der Waals surface area contributed by atoms with Gasteiger partial charge in [-0.1, -0.05) is 11.6 Å². The number of amides is 1. The van der Waals surface area contributed by atoms with Crippen molar-refractivity contribution in [3.8, 4) is 11.5 Å². The molecule has 0 unspecified atom stereocenters. The quantitative estimate of drug-likeness (QED) is 0.856. The van der Waals surface area contributed by atoms with Gasteiger partial charge in [0.25, 0.3) is 0 Å². The number of ether oxygens (including phenoxy) is 4. The van der Waals surface area contributed by atoms with Crippen molar-refractivity contribution in [2.24, 2.45) is 0 Å². The minimum atomic E-state index is -0.475. The number of halogens is 1. The van der Waals surface area contributed by atoms with E-state index in [1.807, 2.05) is 4.90 Å². The van der Waals surface area contributed by atoms with Crippen LogP contribution in [0.25, 0.3) is 0 Å². The Balaban J connectivity index is 1.57. The van der Waals surface area contributed by atoms with E-state index < -0.39 is 5.79 Å². The molecule has 0 saturated carbocycles. The van der Waals surface area contributed by atoms with Gasteiger partial charge in [-0.3, -0.25) is 4.79 Å². The maximum atomic E-state index is 12.5. The molecule has 25 heavy (non-hydrogen) atoms. The number of rotatable bonds is 5. The van der Waals surface area contributed by atoms with Crippen molar-refractivity contribution < 1.29 is 23.7 Å². The summed E-state index contributed by atoms with van der Waals surface area (Å²) in [5.74, 6) is 0.623. The van der Waals surface area contributed by atoms with Crippen LogP contribution < -0.4 is 14.8 Å². The predicted molar refractivity (Wildman–Crippen MR) is 93.5 cm³/mol. The van der Waals surface area contributed by atoms with E-state index in [0.717, 1.165) is 0 Å². The van der Waals surface area contributed by atoms with Crippen molar-refractivity contribution in [3.05, 3.63) is 17.2 Å². The number of benzene rings is 1. The van der Waals surface area contributed by atoms with Crippen molar-refractivity contribution in [1.29, 1.82) is 0 Å². The molecule has 1 aromatic carbocycles. The van der Waals surface area contributed by atoms with Crippen LogP contribution in [0.5, 0.6) is 11.5 Å². The van der Waals surface area contributed by atoms with Crippen LogP contribution in [0.15, 0.2) is 12.1 Å². The van der Waals surface area contributed by atoms with Crippen molar-refractivity contribution in [2.45, 2.75) is 18.6 Å². The number of hydrogen-bond acceptors (Lipinski definition) is 6. The van der Waals surface area contributed by atoms with Gasteiger partial charge in [-0.25, -0.2) is 0 Å². The first kappa shape index (κ1) is 18.1. The fourth-order valence-electron chi connectivity index (χ4n) is 3.16. The van der Waals surface area contributed by atoms with E-state index in [2.05, 4.69) is 5.32 Å². The Morgan fingerprint density at radius 2 is 1.84 bits per heavy atom. The van der Waals surface area contributed by atoms with Gasteiger partial charge >= 0.3 is 0 Å². The summed E-state index contributed by atoms with van der Waals surface area (Å²) in [7, 11) is 3.09. The molecule has 0 aliphatic carbocycles. The molecular formula is C17H23ClN2O5. The number of piperidine rings is 1. The molecule has 7 nitrogen and oxygen atoms in total. The van der Waals surface area contributed by atoms with E-state index in [0.29, 0.717) is 61.4 Å². The number of anilines is 1. The summed E-state index contributed by atoms with van der Waals surface area (Å²) in [4.78, 5) is 14.3. The van der Waals surface area contributed by atoms with Crippen LogP contribution in [0.2, 0.25) is 5.02 Å². The third-order valence-corrected chi connectivity index (χ3v) is 4.89. The maximum absolute atomic E-state index is 12.5. The molecule has 3 rings (SSSR count). The number of nitrogens with one attached hydrogen (secondary N) is 1. The topological polar surface area (TPSA) is 69.3 Å². The molecule has 0 radical (unpaired) electrons. The summed E-state index contributed by atoms with van der Waals surface area (Å²) >= 11 is 6.09. The van der Waals surface area contributed by atoms with Crippen LogP contribution in [-0.4, -0.2) is 63.7 Å². The molecule has 0 bridgehead atoms. The highest BCUT2D eigenvalue weighted by molar-refractivity contribution is 6.32. The van der Waals surface area contributed by atoms with Gasteiger partial charge in [0.15, 0.2) is 5.79 Å². The zero-order valence-corrected chi connectivity index (χ0v) is 15.2. The monoisotopic (exact) mass is 370 g/mol. The molecular weight excluding hydrogens is 348 g/mol. The lowest BCUT2D eigenvalue weighted by atomic mass is 10.0. The summed E-state index contributed by atoms with van der Waals surface area (Å²) in [6.07, 6.45) is 1.41. The molecule has 2 fully saturated rings. The molecule has 8 heteroatoms. The third kappa shape index (κ3) is 3.94. The van der Waals surface area contributed by atoms with Crippen LogP contribution >= 0.6 is 11.6 Å². The smallest absolute Gasteiger partial charge is 0.241 e. The van der Waals surface area contributed by atoms with Crippen LogP contribution in [0.1, 0.15) is 12.8 Å². The lowest BCUT2D eigenvalue weighted by molar-refractivity contribution is -0.187. The minimum Gasteiger partial charge on any atom is -0.495 e. The molecule has 2 heterocycles. The molecule has 2 saturated heterocycles. The Morgan fingerprint density at radius 1 is 1.20 bits per heavy atom. The molecule has 1 N–H and O–H groups in total. The van der Waals surface area contributed by atoms with E-state index in [4.69, 9.17) is 30.5 Å². The second-order valence-electron chi connectivity index (χ2n) is 6.03. The molecule has 2 aliphatic heterocycles. The van der Waals surface area contributed by atoms with Crippen LogP contribution in [0.3, 0.4) is 0 Å². The van der Waals surface area contributed by atoms with Gasteiger partial charge in [0.05, 0.1) is 44.7 Å².